The van der Waals surface area contributed by atoms with E-state index in [-0.39, 0.29) is 5.82 Å². The SMILES string of the molecule is Fc1ccc(CNCCC2CCCC2)c(Br)c1. The third kappa shape index (κ3) is 4.07. The molecular weight excluding hydrogens is 281 g/mol. The molecule has 0 amide bonds. The van der Waals surface area contributed by atoms with Crippen molar-refractivity contribution in [2.24, 2.45) is 5.92 Å². The van der Waals surface area contributed by atoms with E-state index in [1.165, 1.54) is 44.2 Å². The molecule has 0 unspecified atom stereocenters. The lowest BCUT2D eigenvalue weighted by Gasteiger charge is -2.10. The molecule has 0 aromatic heterocycles. The van der Waals surface area contributed by atoms with Gasteiger partial charge in [-0.2, -0.15) is 0 Å². The standard InChI is InChI=1S/C14H19BrFN/c15-14-9-13(16)6-5-12(14)10-17-8-7-11-3-1-2-4-11/h5-6,9,11,17H,1-4,7-8,10H2. The Morgan fingerprint density at radius 3 is 2.76 bits per heavy atom. The molecule has 0 heterocycles. The van der Waals surface area contributed by atoms with Crippen LogP contribution in [0.25, 0.3) is 0 Å². The largest absolute Gasteiger partial charge is 0.313 e. The van der Waals surface area contributed by atoms with Crippen molar-refractivity contribution in [3.63, 3.8) is 0 Å². The first kappa shape index (κ1) is 13.0. The third-order valence-electron chi connectivity index (χ3n) is 3.53. The van der Waals surface area contributed by atoms with Gasteiger partial charge < -0.3 is 5.32 Å². The minimum atomic E-state index is -0.188. The summed E-state index contributed by atoms with van der Waals surface area (Å²) in [4.78, 5) is 0. The number of nitrogens with one attached hydrogen (secondary N) is 1. The molecule has 1 saturated carbocycles. The molecule has 17 heavy (non-hydrogen) atoms. The summed E-state index contributed by atoms with van der Waals surface area (Å²) in [5, 5.41) is 3.44. The highest BCUT2D eigenvalue weighted by molar-refractivity contribution is 9.10. The van der Waals surface area contributed by atoms with Gasteiger partial charge in [-0.1, -0.05) is 47.7 Å². The maximum absolute atomic E-state index is 12.9. The molecule has 1 nitrogen and oxygen atoms in total. The molecule has 1 N–H and O–H groups in total. The van der Waals surface area contributed by atoms with Gasteiger partial charge in [0, 0.05) is 11.0 Å². The lowest BCUT2D eigenvalue weighted by molar-refractivity contribution is 0.477. The van der Waals surface area contributed by atoms with Crippen molar-refractivity contribution in [2.45, 2.75) is 38.6 Å². The molecule has 1 aromatic carbocycles. The minimum Gasteiger partial charge on any atom is -0.313 e. The summed E-state index contributed by atoms with van der Waals surface area (Å²) in [7, 11) is 0. The highest BCUT2D eigenvalue weighted by Gasteiger charge is 2.13. The quantitative estimate of drug-likeness (QED) is 0.801. The fourth-order valence-electron chi connectivity index (χ4n) is 2.49. The van der Waals surface area contributed by atoms with Crippen LogP contribution in [0.2, 0.25) is 0 Å². The van der Waals surface area contributed by atoms with Gasteiger partial charge in [0.1, 0.15) is 5.82 Å². The van der Waals surface area contributed by atoms with Crippen LogP contribution in [0.4, 0.5) is 4.39 Å². The lowest BCUT2D eigenvalue weighted by atomic mass is 10.0. The Morgan fingerprint density at radius 1 is 1.29 bits per heavy atom. The molecule has 2 rings (SSSR count). The van der Waals surface area contributed by atoms with E-state index in [9.17, 15) is 4.39 Å². The van der Waals surface area contributed by atoms with Crippen LogP contribution in [-0.2, 0) is 6.54 Å². The Kier molecular flexibility index (Phi) is 4.99. The summed E-state index contributed by atoms with van der Waals surface area (Å²) >= 11 is 3.39. The molecular formula is C14H19BrFN. The Hall–Kier alpha value is -0.410. The van der Waals surface area contributed by atoms with E-state index in [2.05, 4.69) is 21.2 Å². The summed E-state index contributed by atoms with van der Waals surface area (Å²) in [6, 6.07) is 4.87. The maximum Gasteiger partial charge on any atom is 0.124 e. The molecule has 0 spiro atoms. The number of benzene rings is 1. The van der Waals surface area contributed by atoms with Gasteiger partial charge in [0.2, 0.25) is 0 Å². The molecule has 0 saturated heterocycles. The zero-order chi connectivity index (χ0) is 12.1. The smallest absolute Gasteiger partial charge is 0.124 e. The van der Waals surface area contributed by atoms with Crippen LogP contribution in [0.15, 0.2) is 22.7 Å². The van der Waals surface area contributed by atoms with Crippen LogP contribution in [0.3, 0.4) is 0 Å². The molecule has 1 aliphatic rings. The second-order valence-corrected chi connectivity index (χ2v) is 5.71. The highest BCUT2D eigenvalue weighted by atomic mass is 79.9. The Balaban J connectivity index is 1.70. The zero-order valence-corrected chi connectivity index (χ0v) is 11.6. The molecule has 94 valence electrons. The molecule has 0 atom stereocenters. The zero-order valence-electron chi connectivity index (χ0n) is 10.0. The second kappa shape index (κ2) is 6.50. The summed E-state index contributed by atoms with van der Waals surface area (Å²) < 4.78 is 13.7. The predicted molar refractivity (Wildman–Crippen MR) is 72.4 cm³/mol. The van der Waals surface area contributed by atoms with Gasteiger partial charge in [-0.15, -0.1) is 0 Å². The van der Waals surface area contributed by atoms with Crippen molar-refractivity contribution in [1.29, 1.82) is 0 Å². The average Bonchev–Trinajstić information content (AvgIpc) is 2.79. The average molecular weight is 300 g/mol. The predicted octanol–water partition coefficient (Wildman–Crippen LogP) is 4.26. The number of halogens is 2. The van der Waals surface area contributed by atoms with Crippen LogP contribution in [0.1, 0.15) is 37.7 Å². The number of hydrogen-bond acceptors (Lipinski definition) is 1. The van der Waals surface area contributed by atoms with E-state index in [0.29, 0.717) is 0 Å². The van der Waals surface area contributed by atoms with Crippen LogP contribution < -0.4 is 5.32 Å². The van der Waals surface area contributed by atoms with Crippen molar-refractivity contribution in [3.8, 4) is 0 Å². The van der Waals surface area contributed by atoms with Crippen molar-refractivity contribution < 1.29 is 4.39 Å². The summed E-state index contributed by atoms with van der Waals surface area (Å²) in [6.07, 6.45) is 6.91. The molecule has 1 aliphatic carbocycles. The normalized spacial score (nSPS) is 16.6. The van der Waals surface area contributed by atoms with Crippen molar-refractivity contribution >= 4 is 15.9 Å². The Labute approximate surface area is 111 Å². The molecule has 1 fully saturated rings. The monoisotopic (exact) mass is 299 g/mol. The first-order valence-electron chi connectivity index (χ1n) is 6.40. The maximum atomic E-state index is 12.9. The van der Waals surface area contributed by atoms with E-state index in [1.807, 2.05) is 6.07 Å². The van der Waals surface area contributed by atoms with Gasteiger partial charge in [-0.05, 0) is 36.6 Å². The van der Waals surface area contributed by atoms with Gasteiger partial charge >= 0.3 is 0 Å². The van der Waals surface area contributed by atoms with Crippen molar-refractivity contribution in [1.82, 2.24) is 5.32 Å². The topological polar surface area (TPSA) is 12.0 Å². The second-order valence-electron chi connectivity index (χ2n) is 4.85. The van der Waals surface area contributed by atoms with E-state index in [0.717, 1.165) is 29.0 Å². The van der Waals surface area contributed by atoms with Crippen LogP contribution in [-0.4, -0.2) is 6.54 Å². The lowest BCUT2D eigenvalue weighted by Crippen LogP contribution is -2.17. The summed E-state index contributed by atoms with van der Waals surface area (Å²) in [5.41, 5.74) is 1.12. The molecule has 3 heteroatoms. The van der Waals surface area contributed by atoms with Crippen molar-refractivity contribution in [3.05, 3.63) is 34.1 Å². The first-order valence-corrected chi connectivity index (χ1v) is 7.19. The van der Waals surface area contributed by atoms with Gasteiger partial charge in [0.05, 0.1) is 0 Å². The third-order valence-corrected chi connectivity index (χ3v) is 4.27. The van der Waals surface area contributed by atoms with Gasteiger partial charge in [0.25, 0.3) is 0 Å². The number of rotatable bonds is 5. The molecule has 0 radical (unpaired) electrons. The van der Waals surface area contributed by atoms with E-state index in [1.54, 1.807) is 0 Å². The molecule has 0 bridgehead atoms. The van der Waals surface area contributed by atoms with Crippen LogP contribution in [0.5, 0.6) is 0 Å². The van der Waals surface area contributed by atoms with Gasteiger partial charge in [0.15, 0.2) is 0 Å². The van der Waals surface area contributed by atoms with E-state index < -0.39 is 0 Å². The Morgan fingerprint density at radius 2 is 2.06 bits per heavy atom. The number of hydrogen-bond donors (Lipinski definition) is 1. The molecule has 1 aromatic rings. The van der Waals surface area contributed by atoms with E-state index >= 15 is 0 Å². The molecule has 0 aliphatic heterocycles. The van der Waals surface area contributed by atoms with E-state index in [4.69, 9.17) is 0 Å². The first-order chi connectivity index (χ1) is 8.25. The highest BCUT2D eigenvalue weighted by Crippen LogP contribution is 2.27. The fraction of sp³-hybridized carbons (Fsp3) is 0.571. The Bertz CT molecular complexity index is 361. The minimum absolute atomic E-state index is 0.188. The fourth-order valence-corrected chi connectivity index (χ4v) is 2.98. The van der Waals surface area contributed by atoms with Gasteiger partial charge in [-0.25, -0.2) is 4.39 Å². The van der Waals surface area contributed by atoms with Crippen LogP contribution >= 0.6 is 15.9 Å². The summed E-state index contributed by atoms with van der Waals surface area (Å²) in [6.45, 7) is 1.88. The van der Waals surface area contributed by atoms with Gasteiger partial charge in [-0.3, -0.25) is 0 Å². The summed E-state index contributed by atoms with van der Waals surface area (Å²) in [5.74, 6) is 0.741. The van der Waals surface area contributed by atoms with Crippen molar-refractivity contribution in [2.75, 3.05) is 6.54 Å². The van der Waals surface area contributed by atoms with Crippen LogP contribution in [0, 0.1) is 11.7 Å².